The summed E-state index contributed by atoms with van der Waals surface area (Å²) < 4.78 is 0.200. The maximum Gasteiger partial charge on any atom is 0.224 e. The second-order valence-corrected chi connectivity index (χ2v) is 5.30. The van der Waals surface area contributed by atoms with Gasteiger partial charge in [-0.25, -0.2) is 0 Å². The van der Waals surface area contributed by atoms with Crippen molar-refractivity contribution in [1.82, 2.24) is 5.32 Å². The molecule has 1 rings (SSSR count). The first-order valence-corrected chi connectivity index (χ1v) is 5.58. The summed E-state index contributed by atoms with van der Waals surface area (Å²) >= 11 is 11.1. The van der Waals surface area contributed by atoms with Gasteiger partial charge in [-0.15, -0.1) is 0 Å². The monoisotopic (exact) mass is 251 g/mol. The maximum absolute atomic E-state index is 11.6. The standard InChI is InChI=1S/C10H15Cl2NO2/c1-10(2)6(5-7(11)12)8(10)9(15)13-3-4-14/h5-6,8,14H,3-4H2,1-2H3,(H,13,15)/t6-,8+/m1/s1. The summed E-state index contributed by atoms with van der Waals surface area (Å²) in [4.78, 5) is 11.6. The van der Waals surface area contributed by atoms with Crippen LogP contribution in [0, 0.1) is 17.3 Å². The molecule has 3 nitrogen and oxygen atoms in total. The Balaban J connectivity index is 2.58. The molecule has 0 unspecified atom stereocenters. The molecule has 0 saturated heterocycles. The summed E-state index contributed by atoms with van der Waals surface area (Å²) in [7, 11) is 0. The fourth-order valence-electron chi connectivity index (χ4n) is 1.91. The van der Waals surface area contributed by atoms with Crippen molar-refractivity contribution in [3.8, 4) is 0 Å². The van der Waals surface area contributed by atoms with Gasteiger partial charge in [-0.1, -0.05) is 37.0 Å². The van der Waals surface area contributed by atoms with Crippen LogP contribution in [0.2, 0.25) is 0 Å². The lowest BCUT2D eigenvalue weighted by molar-refractivity contribution is -0.123. The number of aliphatic hydroxyl groups is 1. The summed E-state index contributed by atoms with van der Waals surface area (Å²) in [5.74, 6) is -0.0670. The number of aliphatic hydroxyl groups excluding tert-OH is 1. The Morgan fingerprint density at radius 1 is 1.53 bits per heavy atom. The van der Waals surface area contributed by atoms with E-state index >= 15 is 0 Å². The minimum Gasteiger partial charge on any atom is -0.395 e. The van der Waals surface area contributed by atoms with E-state index in [0.717, 1.165) is 0 Å². The van der Waals surface area contributed by atoms with Crippen molar-refractivity contribution in [2.75, 3.05) is 13.2 Å². The molecule has 0 bridgehead atoms. The van der Waals surface area contributed by atoms with Crippen LogP contribution in [0.15, 0.2) is 10.6 Å². The minimum atomic E-state index is -0.103. The Kier molecular flexibility index (Phi) is 4.04. The van der Waals surface area contributed by atoms with Crippen LogP contribution in [0.3, 0.4) is 0 Å². The normalized spacial score (nSPS) is 27.0. The van der Waals surface area contributed by atoms with Gasteiger partial charge >= 0.3 is 0 Å². The molecule has 1 saturated carbocycles. The van der Waals surface area contributed by atoms with Gasteiger partial charge in [0.25, 0.3) is 0 Å². The van der Waals surface area contributed by atoms with Gasteiger partial charge in [-0.3, -0.25) is 4.79 Å². The van der Waals surface area contributed by atoms with Crippen LogP contribution in [-0.2, 0) is 4.79 Å². The lowest BCUT2D eigenvalue weighted by Crippen LogP contribution is -2.29. The van der Waals surface area contributed by atoms with Crippen molar-refractivity contribution in [1.29, 1.82) is 0 Å². The SMILES string of the molecule is CC1(C)[C@H](C=C(Cl)Cl)[C@H]1C(=O)NCCO. The first-order chi connectivity index (χ1) is 6.91. The zero-order chi connectivity index (χ0) is 11.6. The van der Waals surface area contributed by atoms with E-state index in [1.54, 1.807) is 6.08 Å². The number of rotatable bonds is 4. The van der Waals surface area contributed by atoms with Crippen LogP contribution in [0.4, 0.5) is 0 Å². The number of hydrogen-bond donors (Lipinski definition) is 2. The number of carbonyl (C=O) groups is 1. The van der Waals surface area contributed by atoms with E-state index < -0.39 is 0 Å². The molecule has 0 heterocycles. The highest BCUT2D eigenvalue weighted by Crippen LogP contribution is 2.59. The van der Waals surface area contributed by atoms with E-state index in [1.165, 1.54) is 0 Å². The molecule has 1 amide bonds. The predicted octanol–water partition coefficient (Wildman–Crippen LogP) is 1.69. The lowest BCUT2D eigenvalue weighted by Gasteiger charge is -2.03. The fourth-order valence-corrected chi connectivity index (χ4v) is 2.19. The molecular formula is C10H15Cl2NO2. The summed E-state index contributed by atoms with van der Waals surface area (Å²) in [5, 5.41) is 11.2. The number of halogens is 2. The highest BCUT2D eigenvalue weighted by molar-refractivity contribution is 6.55. The summed E-state index contributed by atoms with van der Waals surface area (Å²) in [6.07, 6.45) is 1.70. The lowest BCUT2D eigenvalue weighted by atomic mass is 10.1. The number of allylic oxidation sites excluding steroid dienone is 1. The predicted molar refractivity (Wildman–Crippen MR) is 60.6 cm³/mol. The highest BCUT2D eigenvalue weighted by atomic mass is 35.5. The van der Waals surface area contributed by atoms with Gasteiger partial charge in [0.1, 0.15) is 4.49 Å². The zero-order valence-electron chi connectivity index (χ0n) is 8.76. The number of nitrogens with one attached hydrogen (secondary N) is 1. The Morgan fingerprint density at radius 3 is 2.60 bits per heavy atom. The van der Waals surface area contributed by atoms with E-state index in [9.17, 15) is 4.79 Å². The van der Waals surface area contributed by atoms with Gasteiger partial charge in [0, 0.05) is 6.54 Å². The van der Waals surface area contributed by atoms with Crippen LogP contribution in [0.1, 0.15) is 13.8 Å². The van der Waals surface area contributed by atoms with Crippen LogP contribution in [0.5, 0.6) is 0 Å². The van der Waals surface area contributed by atoms with Crippen molar-refractivity contribution >= 4 is 29.1 Å². The summed E-state index contributed by atoms with van der Waals surface area (Å²) in [6, 6.07) is 0. The topological polar surface area (TPSA) is 49.3 Å². The second kappa shape index (κ2) is 4.73. The van der Waals surface area contributed by atoms with E-state index in [0.29, 0.717) is 0 Å². The molecule has 1 aliphatic rings. The van der Waals surface area contributed by atoms with Crippen molar-refractivity contribution in [3.05, 3.63) is 10.6 Å². The van der Waals surface area contributed by atoms with Crippen molar-refractivity contribution in [3.63, 3.8) is 0 Å². The van der Waals surface area contributed by atoms with Crippen molar-refractivity contribution in [2.24, 2.45) is 17.3 Å². The largest absolute Gasteiger partial charge is 0.395 e. The number of carbonyl (C=O) groups excluding carboxylic acids is 1. The van der Waals surface area contributed by atoms with Gasteiger partial charge in [0.05, 0.1) is 12.5 Å². The average Bonchev–Trinajstić information content (AvgIpc) is 2.63. The molecule has 15 heavy (non-hydrogen) atoms. The second-order valence-electron chi connectivity index (χ2n) is 4.30. The van der Waals surface area contributed by atoms with Gasteiger partial charge in [0.2, 0.25) is 5.91 Å². The Morgan fingerprint density at radius 2 is 2.13 bits per heavy atom. The van der Waals surface area contributed by atoms with E-state index in [4.69, 9.17) is 28.3 Å². The molecular weight excluding hydrogens is 237 g/mol. The van der Waals surface area contributed by atoms with Gasteiger partial charge < -0.3 is 10.4 Å². The smallest absolute Gasteiger partial charge is 0.224 e. The van der Waals surface area contributed by atoms with Crippen LogP contribution in [0.25, 0.3) is 0 Å². The molecule has 0 aromatic carbocycles. The van der Waals surface area contributed by atoms with Crippen molar-refractivity contribution in [2.45, 2.75) is 13.8 Å². The first-order valence-electron chi connectivity index (χ1n) is 4.82. The van der Waals surface area contributed by atoms with Gasteiger partial charge in [-0.05, 0) is 17.4 Å². The van der Waals surface area contributed by atoms with Crippen LogP contribution in [-0.4, -0.2) is 24.2 Å². The third kappa shape index (κ3) is 2.86. The molecule has 86 valence electrons. The molecule has 5 heteroatoms. The molecule has 0 radical (unpaired) electrons. The minimum absolute atomic E-state index is 0.0460. The van der Waals surface area contributed by atoms with Crippen molar-refractivity contribution < 1.29 is 9.90 Å². The van der Waals surface area contributed by atoms with Crippen LogP contribution >= 0.6 is 23.2 Å². The number of amides is 1. The molecule has 0 spiro atoms. The molecule has 0 aromatic heterocycles. The average molecular weight is 252 g/mol. The third-order valence-corrected chi connectivity index (χ3v) is 3.16. The Hall–Kier alpha value is -0.250. The molecule has 1 fully saturated rings. The van der Waals surface area contributed by atoms with Gasteiger partial charge in [0.15, 0.2) is 0 Å². The first kappa shape index (κ1) is 12.8. The maximum atomic E-state index is 11.6. The molecule has 2 atom stereocenters. The van der Waals surface area contributed by atoms with E-state index in [2.05, 4.69) is 5.32 Å². The fraction of sp³-hybridized carbons (Fsp3) is 0.700. The van der Waals surface area contributed by atoms with Crippen LogP contribution < -0.4 is 5.32 Å². The molecule has 0 aromatic rings. The Bertz CT molecular complexity index is 285. The summed E-state index contributed by atoms with van der Waals surface area (Å²) in [5.41, 5.74) is -0.103. The zero-order valence-corrected chi connectivity index (χ0v) is 10.3. The Labute approximate surface area is 99.4 Å². The van der Waals surface area contributed by atoms with E-state index in [-0.39, 0.29) is 40.8 Å². The summed E-state index contributed by atoms with van der Waals surface area (Å²) in [6.45, 7) is 4.23. The molecule has 2 N–H and O–H groups in total. The van der Waals surface area contributed by atoms with Gasteiger partial charge in [-0.2, -0.15) is 0 Å². The van der Waals surface area contributed by atoms with E-state index in [1.807, 2.05) is 13.8 Å². The number of hydrogen-bond acceptors (Lipinski definition) is 2. The molecule has 0 aliphatic heterocycles. The highest BCUT2D eigenvalue weighted by Gasteiger charge is 2.60. The third-order valence-electron chi connectivity index (χ3n) is 2.91. The molecule has 1 aliphatic carbocycles. The quantitative estimate of drug-likeness (QED) is 0.799.